The van der Waals surface area contributed by atoms with Crippen molar-refractivity contribution in [2.45, 2.75) is 6.92 Å². The second-order valence-corrected chi connectivity index (χ2v) is 6.17. The molecule has 0 aliphatic heterocycles. The number of methoxy groups -OCH3 is 1. The summed E-state index contributed by atoms with van der Waals surface area (Å²) in [5.41, 5.74) is 7.24. The van der Waals surface area contributed by atoms with Crippen LogP contribution in [0.5, 0.6) is 5.75 Å². The fourth-order valence-electron chi connectivity index (χ4n) is 2.39. The second kappa shape index (κ2) is 7.40. The van der Waals surface area contributed by atoms with Crippen LogP contribution in [0.25, 0.3) is 11.3 Å². The highest BCUT2D eigenvalue weighted by atomic mass is 79.9. The number of nitrogens with zero attached hydrogens (tertiary/aromatic N) is 2. The van der Waals surface area contributed by atoms with Gasteiger partial charge in [-0.15, -0.1) is 0 Å². The zero-order chi connectivity index (χ0) is 17.8. The van der Waals surface area contributed by atoms with Crippen LogP contribution < -0.4 is 15.2 Å². The molecule has 0 radical (unpaired) electrons. The van der Waals surface area contributed by atoms with Gasteiger partial charge in [0.15, 0.2) is 0 Å². The molecule has 0 bridgehead atoms. The van der Waals surface area contributed by atoms with Gasteiger partial charge in [0.2, 0.25) is 6.41 Å². The third kappa shape index (κ3) is 3.66. The average Bonchev–Trinajstić information content (AvgIpc) is 2.99. The van der Waals surface area contributed by atoms with Gasteiger partial charge in [0.25, 0.3) is 0 Å². The van der Waals surface area contributed by atoms with Crippen molar-refractivity contribution in [3.8, 4) is 17.0 Å². The molecular weight excluding hydrogens is 384 g/mol. The number of halogens is 1. The molecule has 0 fully saturated rings. The minimum atomic E-state index is 0.677. The van der Waals surface area contributed by atoms with Gasteiger partial charge in [-0.05, 0) is 47.1 Å². The topological polar surface area (TPSA) is 70.2 Å². The molecule has 2 aromatic carbocycles. The summed E-state index contributed by atoms with van der Waals surface area (Å²) < 4.78 is 6.13. The van der Waals surface area contributed by atoms with Crippen LogP contribution in [-0.4, -0.2) is 23.7 Å². The molecule has 1 aromatic heterocycles. The summed E-state index contributed by atoms with van der Waals surface area (Å²) in [6.07, 6.45) is 0.718. The number of hydrogen-bond donors (Lipinski definition) is 2. The largest absolute Gasteiger partial charge is 0.497 e. The molecule has 128 valence electrons. The molecule has 1 heterocycles. The van der Waals surface area contributed by atoms with E-state index in [0.717, 1.165) is 33.5 Å². The van der Waals surface area contributed by atoms with Crippen molar-refractivity contribution in [3.63, 3.8) is 0 Å². The van der Waals surface area contributed by atoms with Gasteiger partial charge in [-0.3, -0.25) is 15.3 Å². The number of rotatable bonds is 6. The fourth-order valence-corrected chi connectivity index (χ4v) is 2.80. The minimum Gasteiger partial charge on any atom is -0.497 e. The predicted molar refractivity (Wildman–Crippen MR) is 102 cm³/mol. The lowest BCUT2D eigenvalue weighted by Crippen LogP contribution is -2.27. The van der Waals surface area contributed by atoms with Gasteiger partial charge in [-0.2, -0.15) is 5.10 Å². The first kappa shape index (κ1) is 17.0. The Labute approximate surface area is 153 Å². The number of aromatic nitrogens is 2. The van der Waals surface area contributed by atoms with E-state index in [1.807, 2.05) is 49.4 Å². The third-order valence-electron chi connectivity index (χ3n) is 3.70. The number of carbonyl (C=O) groups is 1. The standard InChI is InChI=1S/C18H17BrN4O2/c1-12-17(19)18(21-20-12)13-5-3-6-14(9-13)22-23(11-24)15-7-4-8-16(10-15)25-2/h3-11,22H,1-2H3,(H,20,21). The summed E-state index contributed by atoms with van der Waals surface area (Å²) in [5, 5.41) is 8.65. The summed E-state index contributed by atoms with van der Waals surface area (Å²) in [6, 6.07) is 14.9. The number of benzene rings is 2. The Hall–Kier alpha value is -2.80. The second-order valence-electron chi connectivity index (χ2n) is 5.38. The number of anilines is 2. The Balaban J connectivity index is 1.87. The Morgan fingerprint density at radius 1 is 1.24 bits per heavy atom. The molecule has 0 aliphatic carbocycles. The zero-order valence-electron chi connectivity index (χ0n) is 13.8. The third-order valence-corrected chi connectivity index (χ3v) is 4.67. The lowest BCUT2D eigenvalue weighted by Gasteiger charge is -2.20. The minimum absolute atomic E-state index is 0.677. The summed E-state index contributed by atoms with van der Waals surface area (Å²) in [4.78, 5) is 11.5. The van der Waals surface area contributed by atoms with E-state index >= 15 is 0 Å². The number of aromatic amines is 1. The van der Waals surface area contributed by atoms with Crippen LogP contribution in [-0.2, 0) is 4.79 Å². The maximum atomic E-state index is 11.5. The van der Waals surface area contributed by atoms with Crippen molar-refractivity contribution in [1.82, 2.24) is 10.2 Å². The summed E-state index contributed by atoms with van der Waals surface area (Å²) >= 11 is 3.53. The Morgan fingerprint density at radius 2 is 2.04 bits per heavy atom. The van der Waals surface area contributed by atoms with E-state index in [4.69, 9.17) is 4.74 Å². The van der Waals surface area contributed by atoms with Gasteiger partial charge in [-0.1, -0.05) is 18.2 Å². The smallest absolute Gasteiger partial charge is 0.232 e. The van der Waals surface area contributed by atoms with Crippen molar-refractivity contribution >= 4 is 33.7 Å². The molecule has 0 atom stereocenters. The van der Waals surface area contributed by atoms with Crippen molar-refractivity contribution in [3.05, 3.63) is 58.7 Å². The van der Waals surface area contributed by atoms with Gasteiger partial charge in [0, 0.05) is 17.3 Å². The molecule has 0 unspecified atom stereocenters. The van der Waals surface area contributed by atoms with Crippen LogP contribution in [0.4, 0.5) is 11.4 Å². The molecule has 25 heavy (non-hydrogen) atoms. The molecule has 0 saturated carbocycles. The van der Waals surface area contributed by atoms with Gasteiger partial charge in [0.1, 0.15) is 11.4 Å². The van der Waals surface area contributed by atoms with Crippen molar-refractivity contribution in [2.75, 3.05) is 17.5 Å². The molecule has 7 heteroatoms. The normalized spacial score (nSPS) is 10.4. The number of nitrogens with one attached hydrogen (secondary N) is 2. The molecule has 2 N–H and O–H groups in total. The Kier molecular flexibility index (Phi) is 5.04. The van der Waals surface area contributed by atoms with Crippen LogP contribution in [0.3, 0.4) is 0 Å². The van der Waals surface area contributed by atoms with Crippen LogP contribution in [0.1, 0.15) is 5.69 Å². The number of aryl methyl sites for hydroxylation is 1. The molecular formula is C18H17BrN4O2. The van der Waals surface area contributed by atoms with Gasteiger partial charge in [-0.25, -0.2) is 5.01 Å². The maximum Gasteiger partial charge on any atom is 0.232 e. The molecule has 3 aromatic rings. The highest BCUT2D eigenvalue weighted by Gasteiger charge is 2.11. The number of amides is 1. The van der Waals surface area contributed by atoms with E-state index in [2.05, 4.69) is 31.6 Å². The molecule has 0 spiro atoms. The first-order valence-electron chi connectivity index (χ1n) is 7.58. The monoisotopic (exact) mass is 400 g/mol. The SMILES string of the molecule is COc1cccc(N(C=O)Nc2cccc(-c3n[nH]c(C)c3Br)c2)c1. The lowest BCUT2D eigenvalue weighted by molar-refractivity contribution is -0.107. The highest BCUT2D eigenvalue weighted by molar-refractivity contribution is 9.10. The van der Waals surface area contributed by atoms with E-state index in [9.17, 15) is 4.79 Å². The first-order valence-corrected chi connectivity index (χ1v) is 8.38. The average molecular weight is 401 g/mol. The number of H-pyrrole nitrogens is 1. The van der Waals surface area contributed by atoms with Gasteiger partial charge < -0.3 is 4.74 Å². The lowest BCUT2D eigenvalue weighted by atomic mass is 10.1. The summed E-state index contributed by atoms with van der Waals surface area (Å²) in [6.45, 7) is 1.94. The van der Waals surface area contributed by atoms with Crippen LogP contribution in [0.15, 0.2) is 53.0 Å². The maximum absolute atomic E-state index is 11.5. The Bertz CT molecular complexity index is 894. The quantitative estimate of drug-likeness (QED) is 0.481. The van der Waals surface area contributed by atoms with E-state index in [0.29, 0.717) is 11.4 Å². The van der Waals surface area contributed by atoms with Crippen molar-refractivity contribution in [1.29, 1.82) is 0 Å². The first-order chi connectivity index (χ1) is 12.1. The van der Waals surface area contributed by atoms with Crippen LogP contribution >= 0.6 is 15.9 Å². The number of hydrazine groups is 1. The Morgan fingerprint density at radius 3 is 2.72 bits per heavy atom. The van der Waals surface area contributed by atoms with Crippen molar-refractivity contribution < 1.29 is 9.53 Å². The van der Waals surface area contributed by atoms with Gasteiger partial charge in [0.05, 0.1) is 23.0 Å². The van der Waals surface area contributed by atoms with E-state index in [1.54, 1.807) is 13.2 Å². The molecule has 0 aliphatic rings. The van der Waals surface area contributed by atoms with E-state index in [1.165, 1.54) is 5.01 Å². The molecule has 3 rings (SSSR count). The van der Waals surface area contributed by atoms with E-state index in [-0.39, 0.29) is 0 Å². The number of ether oxygens (including phenoxy) is 1. The highest BCUT2D eigenvalue weighted by Crippen LogP contribution is 2.30. The van der Waals surface area contributed by atoms with Crippen LogP contribution in [0.2, 0.25) is 0 Å². The number of hydrogen-bond acceptors (Lipinski definition) is 4. The molecule has 6 nitrogen and oxygen atoms in total. The fraction of sp³-hybridized carbons (Fsp3) is 0.111. The zero-order valence-corrected chi connectivity index (χ0v) is 15.4. The number of carbonyl (C=O) groups excluding carboxylic acids is 1. The van der Waals surface area contributed by atoms with Crippen LogP contribution in [0, 0.1) is 6.92 Å². The predicted octanol–water partition coefficient (Wildman–Crippen LogP) is 4.15. The molecule has 1 amide bonds. The van der Waals surface area contributed by atoms with Crippen molar-refractivity contribution in [2.24, 2.45) is 0 Å². The summed E-state index contributed by atoms with van der Waals surface area (Å²) in [7, 11) is 1.59. The summed E-state index contributed by atoms with van der Waals surface area (Å²) in [5.74, 6) is 0.677. The molecule has 0 saturated heterocycles. The van der Waals surface area contributed by atoms with E-state index < -0.39 is 0 Å². The van der Waals surface area contributed by atoms with Gasteiger partial charge >= 0.3 is 0 Å².